The molecule has 1 aromatic rings. The number of nitrogens with one attached hydrogen (secondary N) is 1. The van der Waals surface area contributed by atoms with Crippen molar-refractivity contribution in [2.75, 3.05) is 5.32 Å². The van der Waals surface area contributed by atoms with Gasteiger partial charge in [0.25, 0.3) is 0 Å². The molecule has 4 heteroatoms. The summed E-state index contributed by atoms with van der Waals surface area (Å²) < 4.78 is 0. The van der Waals surface area contributed by atoms with Crippen LogP contribution in [0.1, 0.15) is 18.9 Å². The lowest BCUT2D eigenvalue weighted by Crippen LogP contribution is -2.15. The number of carbonyl (C=O) groups is 2. The average molecular weight is 207 g/mol. The van der Waals surface area contributed by atoms with Crippen LogP contribution in [-0.4, -0.2) is 16.8 Å². The SMILES string of the molecule is CC(=O)CC(=O)Nc1ccc(O)cc1C. The van der Waals surface area contributed by atoms with Crippen molar-refractivity contribution in [1.29, 1.82) is 0 Å². The van der Waals surface area contributed by atoms with Crippen molar-refractivity contribution in [2.24, 2.45) is 0 Å². The molecule has 0 unspecified atom stereocenters. The third kappa shape index (κ3) is 3.42. The van der Waals surface area contributed by atoms with Gasteiger partial charge in [-0.15, -0.1) is 0 Å². The van der Waals surface area contributed by atoms with Gasteiger partial charge in [-0.2, -0.15) is 0 Å². The summed E-state index contributed by atoms with van der Waals surface area (Å²) in [7, 11) is 0. The number of anilines is 1. The molecule has 1 rings (SSSR count). The summed E-state index contributed by atoms with van der Waals surface area (Å²) in [6.07, 6.45) is -0.125. The van der Waals surface area contributed by atoms with Crippen LogP contribution in [0.25, 0.3) is 0 Å². The molecule has 0 atom stereocenters. The number of benzene rings is 1. The molecule has 0 spiro atoms. The number of phenols is 1. The Morgan fingerprint density at radius 2 is 2.07 bits per heavy atom. The summed E-state index contributed by atoms with van der Waals surface area (Å²) in [5.41, 5.74) is 1.37. The van der Waals surface area contributed by atoms with Crippen LogP contribution in [0.5, 0.6) is 5.75 Å². The Balaban J connectivity index is 2.72. The number of rotatable bonds is 3. The highest BCUT2D eigenvalue weighted by molar-refractivity contribution is 6.03. The summed E-state index contributed by atoms with van der Waals surface area (Å²) in [6.45, 7) is 3.13. The summed E-state index contributed by atoms with van der Waals surface area (Å²) in [5.74, 6) is -0.364. The highest BCUT2D eigenvalue weighted by Crippen LogP contribution is 2.20. The molecule has 1 aromatic carbocycles. The second-order valence-corrected chi connectivity index (χ2v) is 3.43. The Hall–Kier alpha value is -1.84. The third-order valence-electron chi connectivity index (χ3n) is 1.89. The predicted molar refractivity (Wildman–Crippen MR) is 56.8 cm³/mol. The lowest BCUT2D eigenvalue weighted by Gasteiger charge is -2.07. The van der Waals surface area contributed by atoms with Gasteiger partial charge in [0.15, 0.2) is 0 Å². The van der Waals surface area contributed by atoms with Crippen molar-refractivity contribution in [2.45, 2.75) is 20.3 Å². The van der Waals surface area contributed by atoms with E-state index in [1.807, 2.05) is 0 Å². The third-order valence-corrected chi connectivity index (χ3v) is 1.89. The van der Waals surface area contributed by atoms with Crippen LogP contribution in [0.3, 0.4) is 0 Å². The van der Waals surface area contributed by atoms with Gasteiger partial charge < -0.3 is 10.4 Å². The number of hydrogen-bond acceptors (Lipinski definition) is 3. The number of aromatic hydroxyl groups is 1. The minimum Gasteiger partial charge on any atom is -0.508 e. The van der Waals surface area contributed by atoms with Gasteiger partial charge in [-0.3, -0.25) is 9.59 Å². The fraction of sp³-hybridized carbons (Fsp3) is 0.273. The second-order valence-electron chi connectivity index (χ2n) is 3.43. The molecule has 0 saturated carbocycles. The van der Waals surface area contributed by atoms with Crippen molar-refractivity contribution in [3.63, 3.8) is 0 Å². The molecule has 4 nitrogen and oxygen atoms in total. The summed E-state index contributed by atoms with van der Waals surface area (Å²) in [4.78, 5) is 21.9. The molecule has 2 N–H and O–H groups in total. The fourth-order valence-corrected chi connectivity index (χ4v) is 1.21. The molecule has 0 bridgehead atoms. The normalized spacial score (nSPS) is 9.73. The first-order chi connectivity index (χ1) is 6.99. The van der Waals surface area contributed by atoms with Gasteiger partial charge in [-0.05, 0) is 37.6 Å². The highest BCUT2D eigenvalue weighted by Gasteiger charge is 2.07. The zero-order valence-electron chi connectivity index (χ0n) is 8.70. The van der Waals surface area contributed by atoms with E-state index in [0.717, 1.165) is 5.56 Å². The molecule has 0 radical (unpaired) electrons. The fourth-order valence-electron chi connectivity index (χ4n) is 1.21. The van der Waals surface area contributed by atoms with E-state index in [0.29, 0.717) is 5.69 Å². The van der Waals surface area contributed by atoms with Gasteiger partial charge in [-0.25, -0.2) is 0 Å². The number of carbonyl (C=O) groups excluding carboxylic acids is 2. The summed E-state index contributed by atoms with van der Waals surface area (Å²) >= 11 is 0. The van der Waals surface area contributed by atoms with E-state index < -0.39 is 0 Å². The monoisotopic (exact) mass is 207 g/mol. The molecular weight excluding hydrogens is 194 g/mol. The molecule has 0 heterocycles. The molecule has 0 fully saturated rings. The molecule has 0 aliphatic carbocycles. The lowest BCUT2D eigenvalue weighted by atomic mass is 10.2. The Kier molecular flexibility index (Phi) is 3.44. The first-order valence-electron chi connectivity index (χ1n) is 4.58. The molecule has 0 aliphatic heterocycles. The van der Waals surface area contributed by atoms with E-state index in [9.17, 15) is 9.59 Å². The van der Waals surface area contributed by atoms with Crippen LogP contribution in [0.4, 0.5) is 5.69 Å². The number of phenolic OH excluding ortho intramolecular Hbond substituents is 1. The van der Waals surface area contributed by atoms with Crippen LogP contribution in [0, 0.1) is 6.92 Å². The molecule has 0 aliphatic rings. The van der Waals surface area contributed by atoms with E-state index in [1.54, 1.807) is 19.1 Å². The first kappa shape index (κ1) is 11.2. The highest BCUT2D eigenvalue weighted by atomic mass is 16.3. The van der Waals surface area contributed by atoms with Crippen LogP contribution in [-0.2, 0) is 9.59 Å². The van der Waals surface area contributed by atoms with Gasteiger partial charge in [-0.1, -0.05) is 0 Å². The number of aryl methyl sites for hydroxylation is 1. The van der Waals surface area contributed by atoms with Crippen molar-refractivity contribution < 1.29 is 14.7 Å². The minimum atomic E-state index is -0.337. The lowest BCUT2D eigenvalue weighted by molar-refractivity contribution is -0.124. The molecule has 80 valence electrons. The molecule has 0 saturated heterocycles. The quantitative estimate of drug-likeness (QED) is 0.584. The smallest absolute Gasteiger partial charge is 0.231 e. The standard InChI is InChI=1S/C11H13NO3/c1-7-5-9(14)3-4-10(7)12-11(15)6-8(2)13/h3-5,14H,6H2,1-2H3,(H,12,15). The molecular formula is C11H13NO3. The van der Waals surface area contributed by atoms with Crippen LogP contribution in [0.2, 0.25) is 0 Å². The summed E-state index contributed by atoms with van der Waals surface area (Å²) in [6, 6.07) is 4.63. The largest absolute Gasteiger partial charge is 0.508 e. The maximum atomic E-state index is 11.3. The van der Waals surface area contributed by atoms with Crippen LogP contribution >= 0.6 is 0 Å². The van der Waals surface area contributed by atoms with Gasteiger partial charge in [0, 0.05) is 5.69 Å². The molecule has 15 heavy (non-hydrogen) atoms. The van der Waals surface area contributed by atoms with E-state index in [2.05, 4.69) is 5.32 Å². The molecule has 0 aromatic heterocycles. The topological polar surface area (TPSA) is 66.4 Å². The Bertz CT molecular complexity index is 399. The van der Waals surface area contributed by atoms with Gasteiger partial charge in [0.1, 0.15) is 11.5 Å². The first-order valence-corrected chi connectivity index (χ1v) is 4.58. The zero-order valence-corrected chi connectivity index (χ0v) is 8.70. The van der Waals surface area contributed by atoms with E-state index in [-0.39, 0.29) is 23.9 Å². The van der Waals surface area contributed by atoms with Gasteiger partial charge >= 0.3 is 0 Å². The van der Waals surface area contributed by atoms with Crippen molar-refractivity contribution in [3.8, 4) is 5.75 Å². The van der Waals surface area contributed by atoms with E-state index in [4.69, 9.17) is 5.11 Å². The van der Waals surface area contributed by atoms with Crippen LogP contribution in [0.15, 0.2) is 18.2 Å². The van der Waals surface area contributed by atoms with Crippen molar-refractivity contribution in [1.82, 2.24) is 0 Å². The Morgan fingerprint density at radius 1 is 1.40 bits per heavy atom. The number of Topliss-reactive ketones (excluding diaryl/α,β-unsaturated/α-hetero) is 1. The molecule has 1 amide bonds. The Morgan fingerprint density at radius 3 is 2.60 bits per heavy atom. The minimum absolute atomic E-state index is 0.125. The van der Waals surface area contributed by atoms with Crippen LogP contribution < -0.4 is 5.32 Å². The van der Waals surface area contributed by atoms with Crippen molar-refractivity contribution >= 4 is 17.4 Å². The second kappa shape index (κ2) is 4.59. The zero-order chi connectivity index (χ0) is 11.4. The maximum absolute atomic E-state index is 11.3. The maximum Gasteiger partial charge on any atom is 0.231 e. The van der Waals surface area contributed by atoms with Crippen molar-refractivity contribution in [3.05, 3.63) is 23.8 Å². The van der Waals surface area contributed by atoms with E-state index in [1.165, 1.54) is 13.0 Å². The number of amides is 1. The number of hydrogen-bond donors (Lipinski definition) is 2. The predicted octanol–water partition coefficient (Wildman–Crippen LogP) is 1.62. The summed E-state index contributed by atoms with van der Waals surface area (Å²) in [5, 5.41) is 11.7. The Labute approximate surface area is 87.9 Å². The van der Waals surface area contributed by atoms with E-state index >= 15 is 0 Å². The van der Waals surface area contributed by atoms with Gasteiger partial charge in [0.2, 0.25) is 5.91 Å². The average Bonchev–Trinajstić information content (AvgIpc) is 2.08. The van der Waals surface area contributed by atoms with Gasteiger partial charge in [0.05, 0.1) is 6.42 Å². The number of ketones is 1.